The lowest BCUT2D eigenvalue weighted by atomic mass is 9.81. The van der Waals surface area contributed by atoms with Gasteiger partial charge in [0, 0.05) is 4.47 Å². The van der Waals surface area contributed by atoms with Gasteiger partial charge in [0.1, 0.15) is 18.5 Å². The van der Waals surface area contributed by atoms with Gasteiger partial charge < -0.3 is 9.84 Å². The number of hydrogen-bond donors (Lipinski definition) is 1. The molecule has 1 aromatic carbocycles. The Morgan fingerprint density at radius 3 is 2.48 bits per heavy atom. The molecule has 6 heteroatoms. The lowest BCUT2D eigenvalue weighted by Crippen LogP contribution is -2.40. The molecule has 1 aromatic rings. The summed E-state index contributed by atoms with van der Waals surface area (Å²) in [7, 11) is 0. The number of imide groups is 1. The van der Waals surface area contributed by atoms with Crippen LogP contribution < -0.4 is 4.74 Å². The Balaban J connectivity index is 1.56. The number of amides is 2. The zero-order valence-corrected chi connectivity index (χ0v) is 14.4. The van der Waals surface area contributed by atoms with E-state index in [0.717, 1.165) is 30.2 Å². The lowest BCUT2D eigenvalue weighted by molar-refractivity contribution is -0.141. The van der Waals surface area contributed by atoms with Crippen molar-refractivity contribution in [3.63, 3.8) is 0 Å². The number of β-amino-alcohol motifs (C(OH)–C–C–N with tert-alkyl or cyclic N) is 1. The van der Waals surface area contributed by atoms with Crippen molar-refractivity contribution in [1.29, 1.82) is 0 Å². The van der Waals surface area contributed by atoms with E-state index in [2.05, 4.69) is 15.9 Å². The molecule has 1 saturated carbocycles. The van der Waals surface area contributed by atoms with Crippen molar-refractivity contribution in [3.05, 3.63) is 28.7 Å². The molecule has 1 heterocycles. The normalized spacial score (nSPS) is 25.4. The average Bonchev–Trinajstić information content (AvgIpc) is 2.79. The molecule has 3 unspecified atom stereocenters. The Bertz CT molecular complexity index is 582. The van der Waals surface area contributed by atoms with Gasteiger partial charge in [0.05, 0.1) is 18.4 Å². The third-order valence-electron chi connectivity index (χ3n) is 4.56. The van der Waals surface area contributed by atoms with Crippen LogP contribution in [0.5, 0.6) is 5.75 Å². The number of hydrogen-bond acceptors (Lipinski definition) is 4. The van der Waals surface area contributed by atoms with Crippen LogP contribution in [-0.4, -0.2) is 41.1 Å². The molecule has 1 aliphatic carbocycles. The van der Waals surface area contributed by atoms with E-state index >= 15 is 0 Å². The Hall–Kier alpha value is -1.40. The number of benzene rings is 1. The summed E-state index contributed by atoms with van der Waals surface area (Å²) in [6.45, 7) is 0.0571. The molecule has 23 heavy (non-hydrogen) atoms. The highest BCUT2D eigenvalue weighted by molar-refractivity contribution is 9.10. The highest BCUT2D eigenvalue weighted by Crippen LogP contribution is 2.38. The number of carbonyl (C=O) groups is 2. The maximum Gasteiger partial charge on any atom is 0.233 e. The SMILES string of the molecule is O=C1C2CCCCC2C(=O)N1CC(O)COc1cccc(Br)c1. The van der Waals surface area contributed by atoms with Crippen LogP contribution in [-0.2, 0) is 9.59 Å². The zero-order valence-electron chi connectivity index (χ0n) is 12.8. The van der Waals surface area contributed by atoms with Crippen LogP contribution in [0.15, 0.2) is 28.7 Å². The summed E-state index contributed by atoms with van der Waals surface area (Å²) in [5.41, 5.74) is 0. The van der Waals surface area contributed by atoms with Gasteiger partial charge in [-0.25, -0.2) is 0 Å². The molecule has 1 saturated heterocycles. The Kier molecular flexibility index (Phi) is 5.02. The third-order valence-corrected chi connectivity index (χ3v) is 5.06. The van der Waals surface area contributed by atoms with Crippen LogP contribution >= 0.6 is 15.9 Å². The van der Waals surface area contributed by atoms with E-state index < -0.39 is 6.10 Å². The first-order valence-corrected chi connectivity index (χ1v) is 8.77. The molecule has 1 N–H and O–H groups in total. The molecular weight excluding hydrogens is 362 g/mol. The number of aliphatic hydroxyl groups excluding tert-OH is 1. The van der Waals surface area contributed by atoms with E-state index in [1.807, 2.05) is 12.1 Å². The molecule has 3 rings (SSSR count). The predicted molar refractivity (Wildman–Crippen MR) is 87.8 cm³/mol. The molecule has 2 aliphatic rings. The molecule has 5 nitrogen and oxygen atoms in total. The van der Waals surface area contributed by atoms with Crippen LogP contribution in [0.25, 0.3) is 0 Å². The number of rotatable bonds is 5. The predicted octanol–water partition coefficient (Wildman–Crippen LogP) is 2.36. The minimum atomic E-state index is -0.887. The first-order chi connectivity index (χ1) is 11.1. The van der Waals surface area contributed by atoms with Crippen molar-refractivity contribution in [3.8, 4) is 5.75 Å². The van der Waals surface area contributed by atoms with Gasteiger partial charge in [-0.15, -0.1) is 0 Å². The van der Waals surface area contributed by atoms with E-state index in [9.17, 15) is 14.7 Å². The summed E-state index contributed by atoms with van der Waals surface area (Å²) < 4.78 is 6.41. The largest absolute Gasteiger partial charge is 0.491 e. The summed E-state index contributed by atoms with van der Waals surface area (Å²) in [6.07, 6.45) is 2.69. The molecule has 0 bridgehead atoms. The average molecular weight is 382 g/mol. The fourth-order valence-electron chi connectivity index (χ4n) is 3.42. The zero-order chi connectivity index (χ0) is 16.4. The van der Waals surface area contributed by atoms with Crippen molar-refractivity contribution in [2.75, 3.05) is 13.2 Å². The van der Waals surface area contributed by atoms with Crippen molar-refractivity contribution >= 4 is 27.7 Å². The monoisotopic (exact) mass is 381 g/mol. The van der Waals surface area contributed by atoms with Crippen molar-refractivity contribution in [1.82, 2.24) is 4.90 Å². The standard InChI is InChI=1S/C17H20BrNO4/c18-11-4-3-5-13(8-11)23-10-12(20)9-19-16(21)14-6-1-2-7-15(14)17(19)22/h3-5,8,12,14-15,20H,1-2,6-7,9-10H2. The van der Waals surface area contributed by atoms with Crippen LogP contribution in [0.1, 0.15) is 25.7 Å². The fourth-order valence-corrected chi connectivity index (χ4v) is 3.80. The second kappa shape index (κ2) is 7.01. The summed E-state index contributed by atoms with van der Waals surface area (Å²) in [5, 5.41) is 10.1. The minimum Gasteiger partial charge on any atom is -0.491 e. The number of fused-ring (bicyclic) bond motifs is 1. The number of aliphatic hydroxyl groups is 1. The molecule has 0 spiro atoms. The van der Waals surface area contributed by atoms with Crippen molar-refractivity contribution in [2.24, 2.45) is 11.8 Å². The van der Waals surface area contributed by atoms with Crippen LogP contribution in [0.3, 0.4) is 0 Å². The Labute approximate surface area is 143 Å². The molecule has 2 fully saturated rings. The number of carbonyl (C=O) groups excluding carboxylic acids is 2. The molecule has 3 atom stereocenters. The van der Waals surface area contributed by atoms with Gasteiger partial charge in [0.25, 0.3) is 0 Å². The van der Waals surface area contributed by atoms with Crippen LogP contribution in [0, 0.1) is 11.8 Å². The topological polar surface area (TPSA) is 66.8 Å². The van der Waals surface area contributed by atoms with Gasteiger partial charge in [0.2, 0.25) is 11.8 Å². The Morgan fingerprint density at radius 1 is 1.22 bits per heavy atom. The quantitative estimate of drug-likeness (QED) is 0.795. The smallest absolute Gasteiger partial charge is 0.233 e. The number of halogens is 1. The molecule has 0 aromatic heterocycles. The Morgan fingerprint density at radius 2 is 1.87 bits per heavy atom. The highest BCUT2D eigenvalue weighted by atomic mass is 79.9. The summed E-state index contributed by atoms with van der Waals surface area (Å²) in [5.74, 6) is 0.0393. The van der Waals surface area contributed by atoms with Gasteiger partial charge in [-0.3, -0.25) is 14.5 Å². The van der Waals surface area contributed by atoms with E-state index in [-0.39, 0.29) is 36.8 Å². The molecule has 124 valence electrons. The maximum absolute atomic E-state index is 12.4. The van der Waals surface area contributed by atoms with Gasteiger partial charge in [-0.1, -0.05) is 34.8 Å². The number of nitrogens with zero attached hydrogens (tertiary/aromatic N) is 1. The van der Waals surface area contributed by atoms with Crippen LogP contribution in [0.4, 0.5) is 0 Å². The van der Waals surface area contributed by atoms with E-state index in [1.165, 1.54) is 4.90 Å². The molecule has 2 amide bonds. The van der Waals surface area contributed by atoms with Crippen molar-refractivity contribution in [2.45, 2.75) is 31.8 Å². The minimum absolute atomic E-state index is 0.0126. The summed E-state index contributed by atoms with van der Waals surface area (Å²) in [6, 6.07) is 7.31. The highest BCUT2D eigenvalue weighted by Gasteiger charge is 2.48. The first-order valence-electron chi connectivity index (χ1n) is 7.98. The summed E-state index contributed by atoms with van der Waals surface area (Å²) in [4.78, 5) is 25.9. The van der Waals surface area contributed by atoms with Crippen LogP contribution in [0.2, 0.25) is 0 Å². The second-order valence-corrected chi connectivity index (χ2v) is 7.12. The van der Waals surface area contributed by atoms with Gasteiger partial charge in [-0.05, 0) is 31.0 Å². The summed E-state index contributed by atoms with van der Waals surface area (Å²) >= 11 is 3.35. The maximum atomic E-state index is 12.4. The molecule has 0 radical (unpaired) electrons. The second-order valence-electron chi connectivity index (χ2n) is 6.21. The molecular formula is C17H20BrNO4. The van der Waals surface area contributed by atoms with E-state index in [4.69, 9.17) is 4.74 Å². The third kappa shape index (κ3) is 3.58. The van der Waals surface area contributed by atoms with E-state index in [1.54, 1.807) is 12.1 Å². The van der Waals surface area contributed by atoms with Gasteiger partial charge >= 0.3 is 0 Å². The molecule has 1 aliphatic heterocycles. The van der Waals surface area contributed by atoms with Crippen molar-refractivity contribution < 1.29 is 19.4 Å². The number of likely N-dealkylation sites (tertiary alicyclic amines) is 1. The fraction of sp³-hybridized carbons (Fsp3) is 0.529. The first kappa shape index (κ1) is 16.5. The lowest BCUT2D eigenvalue weighted by Gasteiger charge is -2.19. The van der Waals surface area contributed by atoms with Gasteiger partial charge in [-0.2, -0.15) is 0 Å². The van der Waals surface area contributed by atoms with Gasteiger partial charge in [0.15, 0.2) is 0 Å². The number of ether oxygens (including phenoxy) is 1. The van der Waals surface area contributed by atoms with E-state index in [0.29, 0.717) is 5.75 Å².